The summed E-state index contributed by atoms with van der Waals surface area (Å²) in [5, 5.41) is 10.6. The highest BCUT2D eigenvalue weighted by Crippen LogP contribution is 2.29. The zero-order valence-electron chi connectivity index (χ0n) is 13.1. The predicted molar refractivity (Wildman–Crippen MR) is 88.3 cm³/mol. The number of para-hydroxylation sites is 1. The van der Waals surface area contributed by atoms with Crippen LogP contribution >= 0.6 is 11.8 Å². The number of hydrogen-bond acceptors (Lipinski definition) is 5. The maximum atomic E-state index is 12.0. The highest BCUT2D eigenvalue weighted by molar-refractivity contribution is 7.99. The van der Waals surface area contributed by atoms with E-state index in [2.05, 4.69) is 0 Å². The summed E-state index contributed by atoms with van der Waals surface area (Å²) in [4.78, 5) is 12.0. The molecule has 1 N–H and O–H groups in total. The average Bonchev–Trinajstić information content (AvgIpc) is 2.75. The van der Waals surface area contributed by atoms with Crippen LogP contribution in [0, 0.1) is 0 Å². The highest BCUT2D eigenvalue weighted by Gasteiger charge is 2.35. The second-order valence-corrected chi connectivity index (χ2v) is 6.76. The zero-order chi connectivity index (χ0) is 16.1. The van der Waals surface area contributed by atoms with E-state index in [1.54, 1.807) is 11.8 Å². The van der Waals surface area contributed by atoms with Gasteiger partial charge < -0.3 is 14.6 Å². The first-order chi connectivity index (χ1) is 10.5. The van der Waals surface area contributed by atoms with Gasteiger partial charge in [-0.3, -0.25) is 0 Å². The Morgan fingerprint density at radius 1 is 1.32 bits per heavy atom. The van der Waals surface area contributed by atoms with Crippen LogP contribution in [0.4, 0.5) is 0 Å². The molecule has 1 heterocycles. The van der Waals surface area contributed by atoms with Gasteiger partial charge in [0.15, 0.2) is 6.10 Å². The number of carbonyl (C=O) groups is 1. The van der Waals surface area contributed by atoms with Gasteiger partial charge in [-0.05, 0) is 25.3 Å². The number of esters is 1. The van der Waals surface area contributed by atoms with E-state index in [1.807, 2.05) is 50.4 Å². The maximum absolute atomic E-state index is 12.0. The lowest BCUT2D eigenvalue weighted by atomic mass is 10.1. The third-order valence-corrected chi connectivity index (χ3v) is 4.63. The molecule has 1 aromatic rings. The van der Waals surface area contributed by atoms with Gasteiger partial charge in [0.25, 0.3) is 0 Å². The van der Waals surface area contributed by atoms with Crippen LogP contribution in [-0.2, 0) is 9.53 Å². The second kappa shape index (κ2) is 7.58. The van der Waals surface area contributed by atoms with E-state index < -0.39 is 12.1 Å². The van der Waals surface area contributed by atoms with Crippen molar-refractivity contribution < 1.29 is 19.4 Å². The van der Waals surface area contributed by atoms with E-state index in [0.717, 1.165) is 5.75 Å². The molecule has 0 bridgehead atoms. The normalized spacial score (nSPS) is 20.7. The van der Waals surface area contributed by atoms with Crippen molar-refractivity contribution in [1.82, 2.24) is 0 Å². The van der Waals surface area contributed by atoms with Gasteiger partial charge in [0.05, 0.1) is 5.57 Å². The van der Waals surface area contributed by atoms with Gasteiger partial charge in [-0.25, -0.2) is 4.79 Å². The minimum absolute atomic E-state index is 0.0643. The van der Waals surface area contributed by atoms with Crippen LogP contribution in [0.25, 0.3) is 0 Å². The average molecular weight is 322 g/mol. The van der Waals surface area contributed by atoms with Crippen molar-refractivity contribution in [3.8, 4) is 5.75 Å². The Labute approximate surface area is 135 Å². The summed E-state index contributed by atoms with van der Waals surface area (Å²) in [7, 11) is 0. The molecular formula is C17H22O4S. The van der Waals surface area contributed by atoms with Gasteiger partial charge >= 0.3 is 5.97 Å². The molecule has 4 nitrogen and oxygen atoms in total. The molecule has 1 aliphatic rings. The molecule has 0 radical (unpaired) electrons. The largest absolute Gasteiger partial charge is 0.508 e. The molecule has 22 heavy (non-hydrogen) atoms. The first-order valence-corrected chi connectivity index (χ1v) is 8.67. The fourth-order valence-corrected chi connectivity index (χ4v) is 2.73. The van der Waals surface area contributed by atoms with Gasteiger partial charge in [0, 0.05) is 18.1 Å². The van der Waals surface area contributed by atoms with Crippen LogP contribution in [-0.4, -0.2) is 34.8 Å². The molecule has 0 amide bonds. The molecule has 3 atom stereocenters. The minimum Gasteiger partial charge on any atom is -0.508 e. The van der Waals surface area contributed by atoms with E-state index in [4.69, 9.17) is 9.47 Å². The lowest BCUT2D eigenvalue weighted by Crippen LogP contribution is -2.16. The van der Waals surface area contributed by atoms with Crippen LogP contribution in [0.5, 0.6) is 5.75 Å². The molecular weight excluding hydrogens is 300 g/mol. The summed E-state index contributed by atoms with van der Waals surface area (Å²) in [6.07, 6.45) is 2.22. The number of thioether (sulfide) groups is 1. The van der Waals surface area contributed by atoms with E-state index >= 15 is 0 Å². The Balaban J connectivity index is 1.99. The Morgan fingerprint density at radius 2 is 2.00 bits per heavy atom. The van der Waals surface area contributed by atoms with E-state index in [1.165, 1.54) is 0 Å². The summed E-state index contributed by atoms with van der Waals surface area (Å²) in [6, 6.07) is 9.42. The van der Waals surface area contributed by atoms with Crippen LogP contribution < -0.4 is 4.74 Å². The number of hydrogen-bond donors (Lipinski definition) is 1. The van der Waals surface area contributed by atoms with Crippen LogP contribution in [0.3, 0.4) is 0 Å². The Hall–Kier alpha value is -1.62. The Kier molecular flexibility index (Phi) is 5.77. The van der Waals surface area contributed by atoms with Gasteiger partial charge in [0.2, 0.25) is 0 Å². The van der Waals surface area contributed by atoms with Gasteiger partial charge in [-0.1, -0.05) is 25.1 Å². The predicted octanol–water partition coefficient (Wildman–Crippen LogP) is 3.72. The summed E-state index contributed by atoms with van der Waals surface area (Å²) in [5.41, 5.74) is 0.335. The summed E-state index contributed by atoms with van der Waals surface area (Å²) < 4.78 is 11.0. The topological polar surface area (TPSA) is 55.8 Å². The summed E-state index contributed by atoms with van der Waals surface area (Å²) in [5.74, 6) is 0.378. The number of aliphatic hydroxyl groups excluding tert-OH is 1. The number of benzene rings is 1. The molecule has 3 unspecified atom stereocenters. The molecule has 0 aliphatic carbocycles. The SMILES string of the molecule is CSC(C)CC1OC(=O)C(CC(C)Oc2ccccc2)=C1O. The molecule has 0 saturated heterocycles. The van der Waals surface area contributed by atoms with E-state index in [9.17, 15) is 9.90 Å². The fourth-order valence-electron chi connectivity index (χ4n) is 2.36. The Bertz CT molecular complexity index is 541. The molecule has 1 aliphatic heterocycles. The molecule has 1 aromatic carbocycles. The highest BCUT2D eigenvalue weighted by atomic mass is 32.2. The molecule has 0 aromatic heterocycles. The van der Waals surface area contributed by atoms with Crippen molar-refractivity contribution in [3.63, 3.8) is 0 Å². The smallest absolute Gasteiger partial charge is 0.338 e. The lowest BCUT2D eigenvalue weighted by molar-refractivity contribution is -0.140. The van der Waals surface area contributed by atoms with Crippen LogP contribution in [0.2, 0.25) is 0 Å². The molecule has 0 fully saturated rings. The van der Waals surface area contributed by atoms with Crippen molar-refractivity contribution in [2.75, 3.05) is 6.26 Å². The van der Waals surface area contributed by atoms with Gasteiger partial charge in [-0.15, -0.1) is 0 Å². The van der Waals surface area contributed by atoms with Gasteiger partial charge in [-0.2, -0.15) is 11.8 Å². The summed E-state index contributed by atoms with van der Waals surface area (Å²) >= 11 is 1.68. The molecule has 5 heteroatoms. The van der Waals surface area contributed by atoms with Crippen LogP contribution in [0.15, 0.2) is 41.7 Å². The number of cyclic esters (lactones) is 1. The minimum atomic E-state index is -0.520. The van der Waals surface area contributed by atoms with Crippen molar-refractivity contribution in [1.29, 1.82) is 0 Å². The fraction of sp³-hybridized carbons (Fsp3) is 0.471. The summed E-state index contributed by atoms with van der Waals surface area (Å²) in [6.45, 7) is 3.92. The van der Waals surface area contributed by atoms with Crippen LogP contribution in [0.1, 0.15) is 26.7 Å². The second-order valence-electron chi connectivity index (χ2n) is 5.49. The molecule has 0 saturated carbocycles. The first kappa shape index (κ1) is 16.7. The third kappa shape index (κ3) is 4.19. The van der Waals surface area contributed by atoms with Crippen molar-refractivity contribution in [3.05, 3.63) is 41.7 Å². The van der Waals surface area contributed by atoms with E-state index in [-0.39, 0.29) is 11.9 Å². The number of rotatable bonds is 7. The Morgan fingerprint density at radius 3 is 2.64 bits per heavy atom. The number of aliphatic hydroxyl groups is 1. The molecule has 120 valence electrons. The molecule has 0 spiro atoms. The third-order valence-electron chi connectivity index (χ3n) is 3.63. The standard InChI is InChI=1S/C17H22O4S/c1-11(20-13-7-5-4-6-8-13)9-14-16(18)15(21-17(14)19)10-12(2)22-3/h4-8,11-12,15,18H,9-10H2,1-3H3. The van der Waals surface area contributed by atoms with Crippen molar-refractivity contribution in [2.24, 2.45) is 0 Å². The van der Waals surface area contributed by atoms with Crippen molar-refractivity contribution in [2.45, 2.75) is 44.1 Å². The lowest BCUT2D eigenvalue weighted by Gasteiger charge is -2.14. The van der Waals surface area contributed by atoms with E-state index in [0.29, 0.717) is 23.7 Å². The zero-order valence-corrected chi connectivity index (χ0v) is 13.9. The van der Waals surface area contributed by atoms with Gasteiger partial charge in [0.1, 0.15) is 17.6 Å². The number of carbonyl (C=O) groups excluding carboxylic acids is 1. The first-order valence-electron chi connectivity index (χ1n) is 7.38. The molecule has 2 rings (SSSR count). The number of ether oxygens (including phenoxy) is 2. The maximum Gasteiger partial charge on any atom is 0.338 e. The monoisotopic (exact) mass is 322 g/mol. The quantitative estimate of drug-likeness (QED) is 0.775. The van der Waals surface area contributed by atoms with Crippen molar-refractivity contribution >= 4 is 17.7 Å².